The number of rotatable bonds is 3. The lowest BCUT2D eigenvalue weighted by Gasteiger charge is -2.03. The molecule has 2 aromatic rings. The van der Waals surface area contributed by atoms with Crippen molar-refractivity contribution >= 4 is 5.78 Å². The normalized spacial score (nSPS) is 10.3. The molecule has 0 amide bonds. The molecule has 0 aliphatic heterocycles. The molecule has 1 aromatic heterocycles. The van der Waals surface area contributed by atoms with Crippen molar-refractivity contribution < 1.29 is 9.53 Å². The van der Waals surface area contributed by atoms with Gasteiger partial charge in [0.25, 0.3) is 0 Å². The van der Waals surface area contributed by atoms with Crippen LogP contribution in [0, 0.1) is 6.92 Å². The van der Waals surface area contributed by atoms with E-state index < -0.39 is 0 Å². The zero-order valence-corrected chi connectivity index (χ0v) is 10.1. The Hall–Kier alpha value is -2.10. The van der Waals surface area contributed by atoms with Crippen LogP contribution in [0.1, 0.15) is 23.0 Å². The summed E-state index contributed by atoms with van der Waals surface area (Å²) >= 11 is 0. The van der Waals surface area contributed by atoms with Crippen LogP contribution >= 0.6 is 0 Å². The van der Waals surface area contributed by atoms with E-state index in [-0.39, 0.29) is 5.78 Å². The zero-order chi connectivity index (χ0) is 12.4. The molecule has 1 aromatic carbocycles. The summed E-state index contributed by atoms with van der Waals surface area (Å²) in [6.45, 7) is 3.37. The van der Waals surface area contributed by atoms with Crippen molar-refractivity contribution in [1.29, 1.82) is 0 Å². The fourth-order valence-corrected chi connectivity index (χ4v) is 1.69. The van der Waals surface area contributed by atoms with Crippen molar-refractivity contribution in [3.8, 4) is 11.4 Å². The summed E-state index contributed by atoms with van der Waals surface area (Å²) in [5.74, 6) is 0.789. The Kier molecular flexibility index (Phi) is 2.95. The van der Waals surface area contributed by atoms with E-state index in [0.717, 1.165) is 17.1 Å². The smallest absolute Gasteiger partial charge is 0.163 e. The molecule has 0 saturated carbocycles. The molecule has 0 aliphatic carbocycles. The molecule has 4 heteroatoms. The third kappa shape index (κ3) is 2.20. The van der Waals surface area contributed by atoms with Gasteiger partial charge >= 0.3 is 0 Å². The van der Waals surface area contributed by atoms with Crippen molar-refractivity contribution in [2.75, 3.05) is 7.11 Å². The van der Waals surface area contributed by atoms with Crippen LogP contribution in [0.5, 0.6) is 5.75 Å². The molecule has 1 heterocycles. The van der Waals surface area contributed by atoms with Gasteiger partial charge in [-0.05, 0) is 26.0 Å². The Morgan fingerprint density at radius 1 is 1.41 bits per heavy atom. The first kappa shape index (κ1) is 11.4. The van der Waals surface area contributed by atoms with E-state index in [4.69, 9.17) is 4.74 Å². The van der Waals surface area contributed by atoms with Crippen LogP contribution in [0.25, 0.3) is 5.69 Å². The number of Topliss-reactive ketones (excluding diaryl/α,β-unsaturated/α-hetero) is 1. The molecule has 0 radical (unpaired) electrons. The first-order valence-corrected chi connectivity index (χ1v) is 5.33. The average Bonchev–Trinajstić information content (AvgIpc) is 2.71. The Bertz CT molecular complexity index is 558. The molecule has 0 aliphatic rings. The maximum Gasteiger partial charge on any atom is 0.163 e. The molecule has 0 fully saturated rings. The van der Waals surface area contributed by atoms with Crippen molar-refractivity contribution in [3.63, 3.8) is 0 Å². The van der Waals surface area contributed by atoms with Gasteiger partial charge < -0.3 is 4.74 Å². The minimum atomic E-state index is 0.0247. The summed E-state index contributed by atoms with van der Waals surface area (Å²) in [5, 5.41) is 4.32. The topological polar surface area (TPSA) is 44.1 Å². The number of carbonyl (C=O) groups is 1. The fourth-order valence-electron chi connectivity index (χ4n) is 1.69. The number of carbonyl (C=O) groups excluding carboxylic acids is 1. The SMILES string of the molecule is COc1cccc(-n2cc(C(C)=O)c(C)n2)c1. The van der Waals surface area contributed by atoms with Crippen molar-refractivity contribution in [1.82, 2.24) is 9.78 Å². The number of hydrogen-bond acceptors (Lipinski definition) is 3. The van der Waals surface area contributed by atoms with E-state index in [1.54, 1.807) is 24.9 Å². The zero-order valence-electron chi connectivity index (χ0n) is 10.1. The minimum absolute atomic E-state index is 0.0247. The standard InChI is InChI=1S/C13H14N2O2/c1-9-13(10(2)16)8-15(14-9)11-5-4-6-12(7-11)17-3/h4-8H,1-3H3. The van der Waals surface area contributed by atoms with Crippen molar-refractivity contribution in [3.05, 3.63) is 41.7 Å². The van der Waals surface area contributed by atoms with Crippen LogP contribution in [0.15, 0.2) is 30.5 Å². The molecule has 0 N–H and O–H groups in total. The van der Waals surface area contributed by atoms with E-state index >= 15 is 0 Å². The van der Waals surface area contributed by atoms with E-state index in [9.17, 15) is 4.79 Å². The predicted octanol–water partition coefficient (Wildman–Crippen LogP) is 2.39. The number of nitrogens with zero attached hydrogens (tertiary/aromatic N) is 2. The number of methoxy groups -OCH3 is 1. The third-order valence-electron chi connectivity index (χ3n) is 2.60. The molecule has 17 heavy (non-hydrogen) atoms. The largest absolute Gasteiger partial charge is 0.497 e. The molecule has 0 saturated heterocycles. The number of benzene rings is 1. The summed E-state index contributed by atoms with van der Waals surface area (Å²) in [4.78, 5) is 11.4. The van der Waals surface area contributed by atoms with Gasteiger partial charge in [0, 0.05) is 12.3 Å². The van der Waals surface area contributed by atoms with Gasteiger partial charge in [0.15, 0.2) is 5.78 Å². The first-order valence-electron chi connectivity index (χ1n) is 5.33. The summed E-state index contributed by atoms with van der Waals surface area (Å²) in [5.41, 5.74) is 2.26. The number of hydrogen-bond donors (Lipinski definition) is 0. The molecule has 0 unspecified atom stereocenters. The van der Waals surface area contributed by atoms with Gasteiger partial charge in [-0.3, -0.25) is 4.79 Å². The monoisotopic (exact) mass is 230 g/mol. The third-order valence-corrected chi connectivity index (χ3v) is 2.60. The maximum atomic E-state index is 11.4. The van der Waals surface area contributed by atoms with Crippen LogP contribution in [-0.2, 0) is 0 Å². The van der Waals surface area contributed by atoms with Crippen LogP contribution in [0.3, 0.4) is 0 Å². The number of aryl methyl sites for hydroxylation is 1. The van der Waals surface area contributed by atoms with Gasteiger partial charge in [0.05, 0.1) is 24.1 Å². The average molecular weight is 230 g/mol. The summed E-state index contributed by atoms with van der Waals surface area (Å²) < 4.78 is 6.84. The molecular formula is C13H14N2O2. The first-order chi connectivity index (χ1) is 8.11. The Balaban J connectivity index is 2.46. The highest BCUT2D eigenvalue weighted by Crippen LogP contribution is 2.17. The molecule has 0 atom stereocenters. The van der Waals surface area contributed by atoms with Crippen LogP contribution < -0.4 is 4.74 Å². The van der Waals surface area contributed by atoms with Gasteiger partial charge in [-0.1, -0.05) is 6.07 Å². The van der Waals surface area contributed by atoms with Gasteiger partial charge in [0.2, 0.25) is 0 Å². The summed E-state index contributed by atoms with van der Waals surface area (Å²) in [6, 6.07) is 7.54. The molecule has 0 bridgehead atoms. The number of ketones is 1. The lowest BCUT2D eigenvalue weighted by atomic mass is 10.2. The highest BCUT2D eigenvalue weighted by atomic mass is 16.5. The lowest BCUT2D eigenvalue weighted by molar-refractivity contribution is 0.101. The molecule has 4 nitrogen and oxygen atoms in total. The predicted molar refractivity (Wildman–Crippen MR) is 64.9 cm³/mol. The highest BCUT2D eigenvalue weighted by Gasteiger charge is 2.10. The molecule has 88 valence electrons. The van der Waals surface area contributed by atoms with Crippen LogP contribution in [-0.4, -0.2) is 22.7 Å². The second-order valence-electron chi connectivity index (χ2n) is 3.83. The lowest BCUT2D eigenvalue weighted by Crippen LogP contribution is -1.95. The Morgan fingerprint density at radius 2 is 2.18 bits per heavy atom. The molecule has 0 spiro atoms. The molecular weight excluding hydrogens is 216 g/mol. The fraction of sp³-hybridized carbons (Fsp3) is 0.231. The van der Waals surface area contributed by atoms with E-state index in [2.05, 4.69) is 5.10 Å². The number of ether oxygens (including phenoxy) is 1. The number of aromatic nitrogens is 2. The summed E-state index contributed by atoms with van der Waals surface area (Å²) in [6.07, 6.45) is 1.74. The van der Waals surface area contributed by atoms with Crippen LogP contribution in [0.2, 0.25) is 0 Å². The second kappa shape index (κ2) is 4.41. The van der Waals surface area contributed by atoms with Crippen LogP contribution in [0.4, 0.5) is 0 Å². The Labute approximate surface area is 99.8 Å². The second-order valence-corrected chi connectivity index (χ2v) is 3.83. The van der Waals surface area contributed by atoms with Gasteiger partial charge in [-0.25, -0.2) is 4.68 Å². The van der Waals surface area contributed by atoms with Gasteiger partial charge in [-0.2, -0.15) is 5.10 Å². The van der Waals surface area contributed by atoms with E-state index in [1.165, 1.54) is 0 Å². The Morgan fingerprint density at radius 3 is 2.76 bits per heavy atom. The summed E-state index contributed by atoms with van der Waals surface area (Å²) in [7, 11) is 1.62. The quantitative estimate of drug-likeness (QED) is 0.760. The van der Waals surface area contributed by atoms with E-state index in [1.807, 2.05) is 31.2 Å². The minimum Gasteiger partial charge on any atom is -0.497 e. The maximum absolute atomic E-state index is 11.4. The molecule has 2 rings (SSSR count). The van der Waals surface area contributed by atoms with Gasteiger partial charge in [0.1, 0.15) is 5.75 Å². The highest BCUT2D eigenvalue weighted by molar-refractivity contribution is 5.94. The van der Waals surface area contributed by atoms with E-state index in [0.29, 0.717) is 5.56 Å². The van der Waals surface area contributed by atoms with Crippen molar-refractivity contribution in [2.45, 2.75) is 13.8 Å². The van der Waals surface area contributed by atoms with Gasteiger partial charge in [-0.15, -0.1) is 0 Å². The van der Waals surface area contributed by atoms with Crippen molar-refractivity contribution in [2.24, 2.45) is 0 Å².